The molecular formula is C32H32F2N8O. The summed E-state index contributed by atoms with van der Waals surface area (Å²) in [4.78, 5) is 16.2. The third kappa shape index (κ3) is 6.17. The van der Waals surface area contributed by atoms with Crippen LogP contribution in [0, 0.1) is 18.6 Å². The molecule has 0 radical (unpaired) electrons. The van der Waals surface area contributed by atoms with E-state index in [2.05, 4.69) is 37.7 Å². The van der Waals surface area contributed by atoms with Gasteiger partial charge in [-0.2, -0.15) is 10.1 Å². The van der Waals surface area contributed by atoms with Crippen LogP contribution in [-0.4, -0.2) is 49.8 Å². The summed E-state index contributed by atoms with van der Waals surface area (Å²) < 4.78 is 35.7. The molecule has 5 aromatic rings. The van der Waals surface area contributed by atoms with Gasteiger partial charge in [0.15, 0.2) is 5.82 Å². The average molecular weight is 583 g/mol. The van der Waals surface area contributed by atoms with Crippen LogP contribution in [0.25, 0.3) is 5.69 Å². The van der Waals surface area contributed by atoms with Crippen molar-refractivity contribution in [3.8, 4) is 11.4 Å². The monoisotopic (exact) mass is 582 g/mol. The van der Waals surface area contributed by atoms with Crippen LogP contribution in [0.2, 0.25) is 0 Å². The van der Waals surface area contributed by atoms with Crippen molar-refractivity contribution in [3.05, 3.63) is 113 Å². The highest BCUT2D eigenvalue weighted by atomic mass is 19.1. The van der Waals surface area contributed by atoms with Gasteiger partial charge in [-0.15, -0.1) is 0 Å². The smallest absolute Gasteiger partial charge is 0.229 e. The number of benzene rings is 3. The lowest BCUT2D eigenvalue weighted by molar-refractivity contribution is 0.229. The minimum atomic E-state index is -0.460. The lowest BCUT2D eigenvalue weighted by Crippen LogP contribution is -2.35. The van der Waals surface area contributed by atoms with Crippen LogP contribution in [0.4, 0.5) is 26.2 Å². The van der Waals surface area contributed by atoms with Crippen LogP contribution in [0.15, 0.2) is 73.1 Å². The molecule has 3 aromatic carbocycles. The van der Waals surface area contributed by atoms with Gasteiger partial charge in [0.2, 0.25) is 5.95 Å². The first-order chi connectivity index (χ1) is 20.9. The van der Waals surface area contributed by atoms with E-state index < -0.39 is 5.82 Å². The fourth-order valence-electron chi connectivity index (χ4n) is 5.38. The number of aromatic nitrogens is 5. The van der Waals surface area contributed by atoms with Gasteiger partial charge in [-0.05, 0) is 67.4 Å². The van der Waals surface area contributed by atoms with Gasteiger partial charge < -0.3 is 15.4 Å². The van der Waals surface area contributed by atoms with Gasteiger partial charge >= 0.3 is 0 Å². The molecule has 0 fully saturated rings. The van der Waals surface area contributed by atoms with Crippen molar-refractivity contribution in [2.24, 2.45) is 0 Å². The molecule has 3 heterocycles. The summed E-state index contributed by atoms with van der Waals surface area (Å²) in [6.07, 6.45) is 1.48. The molecular weight excluding hydrogens is 550 g/mol. The quantitative estimate of drug-likeness (QED) is 0.220. The lowest BCUT2D eigenvalue weighted by atomic mass is 9.88. The number of rotatable bonds is 9. The molecule has 0 aliphatic carbocycles. The van der Waals surface area contributed by atoms with Crippen molar-refractivity contribution >= 4 is 17.5 Å². The largest absolute Gasteiger partial charge is 0.497 e. The van der Waals surface area contributed by atoms with Crippen LogP contribution in [0.1, 0.15) is 41.1 Å². The molecule has 0 saturated heterocycles. The van der Waals surface area contributed by atoms with Gasteiger partial charge in [-0.1, -0.05) is 24.3 Å². The zero-order valence-corrected chi connectivity index (χ0v) is 24.2. The molecule has 0 saturated carbocycles. The Morgan fingerprint density at radius 3 is 2.47 bits per heavy atom. The maximum Gasteiger partial charge on any atom is 0.229 e. The predicted octanol–water partition coefficient (Wildman–Crippen LogP) is 5.98. The van der Waals surface area contributed by atoms with Crippen molar-refractivity contribution in [2.45, 2.75) is 32.9 Å². The Balaban J connectivity index is 1.35. The number of anilines is 3. The van der Waals surface area contributed by atoms with Crippen molar-refractivity contribution in [1.29, 1.82) is 0 Å². The Morgan fingerprint density at radius 2 is 1.79 bits per heavy atom. The summed E-state index contributed by atoms with van der Waals surface area (Å²) in [5.74, 6) is 1.52. The summed E-state index contributed by atoms with van der Waals surface area (Å²) in [6.45, 7) is 6.43. The Kier molecular flexibility index (Phi) is 7.97. The second-order valence-electron chi connectivity index (χ2n) is 10.4. The third-order valence-corrected chi connectivity index (χ3v) is 7.43. The normalized spacial score (nSPS) is 14.8. The van der Waals surface area contributed by atoms with Gasteiger partial charge in [0.05, 0.1) is 12.8 Å². The van der Waals surface area contributed by atoms with Gasteiger partial charge in [-0.3, -0.25) is 4.90 Å². The minimum Gasteiger partial charge on any atom is -0.497 e. The first kappa shape index (κ1) is 28.2. The SMILES string of the molecule is CCNc1nc(Nc2ccc(-n3cnc(C)n3)c(F)c2)nc2c1CN(Cc1ccc(OC)cc1)CC2c1ccc(F)cc1. The molecule has 1 atom stereocenters. The van der Waals surface area contributed by atoms with E-state index in [1.165, 1.54) is 29.2 Å². The first-order valence-electron chi connectivity index (χ1n) is 14.1. The molecule has 1 aliphatic heterocycles. The first-order valence-corrected chi connectivity index (χ1v) is 14.1. The van der Waals surface area contributed by atoms with Crippen LogP contribution in [-0.2, 0) is 13.1 Å². The van der Waals surface area contributed by atoms with Crippen LogP contribution in [0.5, 0.6) is 5.75 Å². The number of nitrogens with one attached hydrogen (secondary N) is 2. The Labute approximate surface area is 248 Å². The Morgan fingerprint density at radius 1 is 1.00 bits per heavy atom. The molecule has 1 aliphatic rings. The van der Waals surface area contributed by atoms with E-state index in [9.17, 15) is 4.39 Å². The number of hydrogen-bond donors (Lipinski definition) is 2. The van der Waals surface area contributed by atoms with Crippen LogP contribution < -0.4 is 15.4 Å². The van der Waals surface area contributed by atoms with Gasteiger partial charge in [-0.25, -0.2) is 23.4 Å². The topological polar surface area (TPSA) is 93.0 Å². The van der Waals surface area contributed by atoms with E-state index in [-0.39, 0.29) is 11.7 Å². The lowest BCUT2D eigenvalue weighted by Gasteiger charge is -2.35. The molecule has 0 amide bonds. The van der Waals surface area contributed by atoms with Crippen molar-refractivity contribution in [1.82, 2.24) is 29.6 Å². The zero-order chi connectivity index (χ0) is 29.9. The van der Waals surface area contributed by atoms with Crippen molar-refractivity contribution < 1.29 is 13.5 Å². The number of halogens is 2. The third-order valence-electron chi connectivity index (χ3n) is 7.43. The fourth-order valence-corrected chi connectivity index (χ4v) is 5.38. The van der Waals surface area contributed by atoms with E-state index >= 15 is 4.39 Å². The number of ether oxygens (including phenoxy) is 1. The van der Waals surface area contributed by atoms with Crippen molar-refractivity contribution in [2.75, 3.05) is 30.8 Å². The average Bonchev–Trinajstić information content (AvgIpc) is 3.44. The highest BCUT2D eigenvalue weighted by molar-refractivity contribution is 5.60. The molecule has 6 rings (SSSR count). The second-order valence-corrected chi connectivity index (χ2v) is 10.4. The number of fused-ring (bicyclic) bond motifs is 1. The summed E-state index contributed by atoms with van der Waals surface area (Å²) in [5, 5.41) is 10.8. The molecule has 2 aromatic heterocycles. The summed E-state index contributed by atoms with van der Waals surface area (Å²) in [5.41, 5.74) is 4.71. The molecule has 2 N–H and O–H groups in total. The van der Waals surface area contributed by atoms with Crippen LogP contribution in [0.3, 0.4) is 0 Å². The molecule has 0 spiro atoms. The molecule has 220 valence electrons. The summed E-state index contributed by atoms with van der Waals surface area (Å²) in [6, 6.07) is 19.4. The Bertz CT molecular complexity index is 1720. The molecule has 1 unspecified atom stereocenters. The summed E-state index contributed by atoms with van der Waals surface area (Å²) >= 11 is 0. The summed E-state index contributed by atoms with van der Waals surface area (Å²) in [7, 11) is 1.65. The molecule has 43 heavy (non-hydrogen) atoms. The van der Waals surface area contributed by atoms with E-state index in [1.54, 1.807) is 26.2 Å². The zero-order valence-electron chi connectivity index (χ0n) is 24.2. The van der Waals surface area contributed by atoms with E-state index in [0.29, 0.717) is 55.1 Å². The highest BCUT2D eigenvalue weighted by Gasteiger charge is 2.31. The number of hydrogen-bond acceptors (Lipinski definition) is 8. The fraction of sp³-hybridized carbons (Fsp3) is 0.250. The highest BCUT2D eigenvalue weighted by Crippen LogP contribution is 2.37. The van der Waals surface area contributed by atoms with Gasteiger partial charge in [0.1, 0.15) is 35.2 Å². The van der Waals surface area contributed by atoms with Gasteiger partial charge in [0.25, 0.3) is 0 Å². The van der Waals surface area contributed by atoms with Gasteiger partial charge in [0, 0.05) is 43.3 Å². The number of aryl methyl sites for hydroxylation is 1. The van der Waals surface area contributed by atoms with E-state index in [4.69, 9.17) is 14.7 Å². The number of methoxy groups -OCH3 is 1. The molecule has 11 heteroatoms. The molecule has 9 nitrogen and oxygen atoms in total. The Hall–Kier alpha value is -4.90. The standard InChI is InChI=1S/C32H32F2N8O/c1-4-35-31-27-18-41(16-21-5-12-25(43-3)13-6-21)17-26(22-7-9-23(33)10-8-22)30(27)38-32(39-31)37-24-11-14-29(28(34)15-24)42-19-36-20(2)40-42/h5-15,19,26H,4,16-18H2,1-3H3,(H2,35,37,38,39). The van der Waals surface area contributed by atoms with E-state index in [0.717, 1.165) is 28.1 Å². The van der Waals surface area contributed by atoms with Crippen LogP contribution >= 0.6 is 0 Å². The number of nitrogens with zero attached hydrogens (tertiary/aromatic N) is 6. The van der Waals surface area contributed by atoms with Crippen molar-refractivity contribution in [3.63, 3.8) is 0 Å². The maximum atomic E-state index is 15.1. The predicted molar refractivity (Wildman–Crippen MR) is 161 cm³/mol. The van der Waals surface area contributed by atoms with E-state index in [1.807, 2.05) is 31.2 Å². The maximum absolute atomic E-state index is 15.1. The minimum absolute atomic E-state index is 0.141. The molecule has 0 bridgehead atoms. The second kappa shape index (κ2) is 12.1.